The molecule has 2 aromatic rings. The number of rotatable bonds is 6. The van der Waals surface area contributed by atoms with Crippen molar-refractivity contribution in [1.82, 2.24) is 10.3 Å². The van der Waals surface area contributed by atoms with Crippen molar-refractivity contribution in [3.8, 4) is 0 Å². The first-order valence-electron chi connectivity index (χ1n) is 7.04. The number of nitrogens with one attached hydrogen (secondary N) is 1. The van der Waals surface area contributed by atoms with Gasteiger partial charge in [0, 0.05) is 25.0 Å². The SMILES string of the molecule is CCc1nc(N(C)Cc2ccc(C)cc2)sc1CNC. The van der Waals surface area contributed by atoms with Gasteiger partial charge in [-0.2, -0.15) is 0 Å². The quantitative estimate of drug-likeness (QED) is 0.883. The summed E-state index contributed by atoms with van der Waals surface area (Å²) in [6.07, 6.45) is 0.992. The Labute approximate surface area is 125 Å². The summed E-state index contributed by atoms with van der Waals surface area (Å²) in [6.45, 7) is 6.08. The predicted octanol–water partition coefficient (Wildman–Crippen LogP) is 3.37. The Morgan fingerprint density at radius 1 is 1.25 bits per heavy atom. The fourth-order valence-electron chi connectivity index (χ4n) is 2.14. The monoisotopic (exact) mass is 289 g/mol. The van der Waals surface area contributed by atoms with Crippen LogP contribution in [0.25, 0.3) is 0 Å². The van der Waals surface area contributed by atoms with E-state index in [2.05, 4.69) is 55.4 Å². The van der Waals surface area contributed by atoms with E-state index < -0.39 is 0 Å². The molecule has 1 heterocycles. The third-order valence-corrected chi connectivity index (χ3v) is 4.52. The lowest BCUT2D eigenvalue weighted by molar-refractivity contribution is 0.813. The van der Waals surface area contributed by atoms with Gasteiger partial charge in [0.2, 0.25) is 0 Å². The Kier molecular flexibility index (Phi) is 5.15. The van der Waals surface area contributed by atoms with Gasteiger partial charge in [-0.1, -0.05) is 36.8 Å². The molecule has 0 aliphatic heterocycles. The molecule has 4 heteroatoms. The molecule has 0 amide bonds. The summed E-state index contributed by atoms with van der Waals surface area (Å²) >= 11 is 1.79. The zero-order valence-corrected chi connectivity index (χ0v) is 13.5. The van der Waals surface area contributed by atoms with Gasteiger partial charge < -0.3 is 10.2 Å². The molecule has 0 spiro atoms. The van der Waals surface area contributed by atoms with E-state index in [-0.39, 0.29) is 0 Å². The van der Waals surface area contributed by atoms with E-state index in [0.717, 1.165) is 24.6 Å². The summed E-state index contributed by atoms with van der Waals surface area (Å²) in [5.74, 6) is 0. The summed E-state index contributed by atoms with van der Waals surface area (Å²) in [5, 5.41) is 4.32. The van der Waals surface area contributed by atoms with E-state index >= 15 is 0 Å². The number of aromatic nitrogens is 1. The number of benzene rings is 1. The van der Waals surface area contributed by atoms with Crippen LogP contribution in [0.3, 0.4) is 0 Å². The number of thiazole rings is 1. The lowest BCUT2D eigenvalue weighted by Gasteiger charge is -2.15. The molecule has 0 atom stereocenters. The van der Waals surface area contributed by atoms with Crippen LogP contribution >= 0.6 is 11.3 Å². The number of hydrogen-bond acceptors (Lipinski definition) is 4. The zero-order chi connectivity index (χ0) is 14.5. The van der Waals surface area contributed by atoms with E-state index in [1.807, 2.05) is 7.05 Å². The largest absolute Gasteiger partial charge is 0.347 e. The smallest absolute Gasteiger partial charge is 0.185 e. The van der Waals surface area contributed by atoms with Crippen LogP contribution in [-0.2, 0) is 19.5 Å². The first-order valence-corrected chi connectivity index (χ1v) is 7.85. The van der Waals surface area contributed by atoms with Crippen molar-refractivity contribution in [2.75, 3.05) is 19.0 Å². The minimum absolute atomic E-state index is 0.899. The van der Waals surface area contributed by atoms with E-state index in [0.29, 0.717) is 0 Å². The lowest BCUT2D eigenvalue weighted by atomic mass is 10.1. The molecule has 1 aromatic carbocycles. The summed E-state index contributed by atoms with van der Waals surface area (Å²) in [5.41, 5.74) is 3.84. The van der Waals surface area contributed by atoms with Gasteiger partial charge >= 0.3 is 0 Å². The third-order valence-electron chi connectivity index (χ3n) is 3.31. The number of nitrogens with zero attached hydrogens (tertiary/aromatic N) is 2. The first kappa shape index (κ1) is 15.0. The van der Waals surface area contributed by atoms with Crippen LogP contribution in [0, 0.1) is 6.92 Å². The maximum atomic E-state index is 4.77. The van der Waals surface area contributed by atoms with Crippen LogP contribution in [0.5, 0.6) is 0 Å². The van der Waals surface area contributed by atoms with Crippen LogP contribution in [-0.4, -0.2) is 19.1 Å². The Morgan fingerprint density at radius 2 is 1.95 bits per heavy atom. The summed E-state index contributed by atoms with van der Waals surface area (Å²) in [6, 6.07) is 8.70. The molecule has 0 bridgehead atoms. The molecule has 0 aliphatic rings. The average Bonchev–Trinajstić information content (AvgIpc) is 2.85. The molecule has 0 fully saturated rings. The van der Waals surface area contributed by atoms with E-state index in [4.69, 9.17) is 4.98 Å². The molecule has 1 N–H and O–H groups in total. The molecule has 0 saturated heterocycles. The highest BCUT2D eigenvalue weighted by atomic mass is 32.1. The number of anilines is 1. The zero-order valence-electron chi connectivity index (χ0n) is 12.7. The molecule has 1 aromatic heterocycles. The highest BCUT2D eigenvalue weighted by Gasteiger charge is 2.12. The summed E-state index contributed by atoms with van der Waals surface area (Å²) in [7, 11) is 4.09. The van der Waals surface area contributed by atoms with Crippen molar-refractivity contribution in [3.05, 3.63) is 46.0 Å². The minimum Gasteiger partial charge on any atom is -0.347 e. The standard InChI is InChI=1S/C16H23N3S/c1-5-14-15(10-17-3)20-16(18-14)19(4)11-13-8-6-12(2)7-9-13/h6-9,17H,5,10-11H2,1-4H3. The fraction of sp³-hybridized carbons (Fsp3) is 0.438. The van der Waals surface area contributed by atoms with Crippen LogP contribution < -0.4 is 10.2 Å². The second kappa shape index (κ2) is 6.86. The average molecular weight is 289 g/mol. The number of hydrogen-bond donors (Lipinski definition) is 1. The number of aryl methyl sites for hydroxylation is 2. The maximum absolute atomic E-state index is 4.77. The molecule has 108 valence electrons. The first-order chi connectivity index (χ1) is 9.63. The molecule has 2 rings (SSSR count). The van der Waals surface area contributed by atoms with Crippen LogP contribution in [0.2, 0.25) is 0 Å². The Hall–Kier alpha value is -1.39. The van der Waals surface area contributed by atoms with E-state index in [1.54, 1.807) is 11.3 Å². The normalized spacial score (nSPS) is 10.8. The van der Waals surface area contributed by atoms with Crippen molar-refractivity contribution >= 4 is 16.5 Å². The van der Waals surface area contributed by atoms with Crippen molar-refractivity contribution in [2.45, 2.75) is 33.4 Å². The van der Waals surface area contributed by atoms with Gasteiger partial charge in [-0.05, 0) is 26.0 Å². The maximum Gasteiger partial charge on any atom is 0.185 e. The second-order valence-corrected chi connectivity index (χ2v) is 6.15. The highest BCUT2D eigenvalue weighted by Crippen LogP contribution is 2.27. The van der Waals surface area contributed by atoms with Gasteiger partial charge in [0.05, 0.1) is 5.69 Å². The molecule has 0 unspecified atom stereocenters. The Morgan fingerprint density at radius 3 is 2.55 bits per heavy atom. The van der Waals surface area contributed by atoms with Crippen LogP contribution in [0.4, 0.5) is 5.13 Å². The molecule has 0 aliphatic carbocycles. The second-order valence-electron chi connectivity index (χ2n) is 5.09. The molecule has 20 heavy (non-hydrogen) atoms. The van der Waals surface area contributed by atoms with E-state index in [9.17, 15) is 0 Å². The van der Waals surface area contributed by atoms with Gasteiger partial charge in [-0.3, -0.25) is 0 Å². The van der Waals surface area contributed by atoms with Crippen LogP contribution in [0.15, 0.2) is 24.3 Å². The van der Waals surface area contributed by atoms with Gasteiger partial charge in [0.25, 0.3) is 0 Å². The van der Waals surface area contributed by atoms with Gasteiger partial charge in [-0.25, -0.2) is 4.98 Å². The van der Waals surface area contributed by atoms with Crippen molar-refractivity contribution in [2.24, 2.45) is 0 Å². The van der Waals surface area contributed by atoms with E-state index in [1.165, 1.54) is 21.7 Å². The van der Waals surface area contributed by atoms with Crippen molar-refractivity contribution in [1.29, 1.82) is 0 Å². The molecular formula is C16H23N3S. The van der Waals surface area contributed by atoms with Crippen molar-refractivity contribution in [3.63, 3.8) is 0 Å². The predicted molar refractivity (Wildman–Crippen MR) is 87.5 cm³/mol. The fourth-order valence-corrected chi connectivity index (χ4v) is 3.26. The third kappa shape index (κ3) is 3.58. The Bertz CT molecular complexity index is 545. The Balaban J connectivity index is 2.12. The summed E-state index contributed by atoms with van der Waals surface area (Å²) < 4.78 is 0. The highest BCUT2D eigenvalue weighted by molar-refractivity contribution is 7.15. The molecular weight excluding hydrogens is 266 g/mol. The molecule has 0 saturated carbocycles. The minimum atomic E-state index is 0.899. The van der Waals surface area contributed by atoms with Gasteiger partial charge in [0.1, 0.15) is 0 Å². The molecule has 0 radical (unpaired) electrons. The lowest BCUT2D eigenvalue weighted by Crippen LogP contribution is -2.16. The van der Waals surface area contributed by atoms with Crippen molar-refractivity contribution < 1.29 is 0 Å². The van der Waals surface area contributed by atoms with Gasteiger partial charge in [-0.15, -0.1) is 11.3 Å². The topological polar surface area (TPSA) is 28.2 Å². The molecule has 3 nitrogen and oxygen atoms in total. The summed E-state index contributed by atoms with van der Waals surface area (Å²) in [4.78, 5) is 8.34. The van der Waals surface area contributed by atoms with Crippen LogP contribution in [0.1, 0.15) is 28.6 Å². The van der Waals surface area contributed by atoms with Gasteiger partial charge in [0.15, 0.2) is 5.13 Å².